The van der Waals surface area contributed by atoms with Gasteiger partial charge < -0.3 is 9.64 Å². The largest absolute Gasteiger partial charge is 0.490 e. The van der Waals surface area contributed by atoms with Crippen LogP contribution in [0.4, 0.5) is 5.69 Å². The molecule has 1 aromatic rings. The Morgan fingerprint density at radius 1 is 1.44 bits per heavy atom. The maximum atomic E-state index is 12.1. The Hall–Kier alpha value is -1.22. The second-order valence-corrected chi connectivity index (χ2v) is 4.66. The molecule has 0 spiro atoms. The van der Waals surface area contributed by atoms with Crippen molar-refractivity contribution in [2.24, 2.45) is 5.92 Å². The average Bonchev–Trinajstić information content (AvgIpc) is 3.11. The number of ether oxygens (including phenoxy) is 1. The van der Waals surface area contributed by atoms with E-state index in [1.165, 1.54) is 0 Å². The SMILES string of the molecule is O=C(C1CC1)N1CCOc2ccc(Cl)cc21. The first-order valence-electron chi connectivity index (χ1n) is 5.49. The number of nitrogens with zero attached hydrogens (tertiary/aromatic N) is 1. The van der Waals surface area contributed by atoms with Crippen LogP contribution in [-0.2, 0) is 4.79 Å². The van der Waals surface area contributed by atoms with Gasteiger partial charge in [0.15, 0.2) is 0 Å². The van der Waals surface area contributed by atoms with Gasteiger partial charge in [-0.25, -0.2) is 0 Å². The first-order chi connectivity index (χ1) is 7.75. The average molecular weight is 238 g/mol. The number of amides is 1. The topological polar surface area (TPSA) is 29.5 Å². The van der Waals surface area contributed by atoms with Crippen LogP contribution in [0.2, 0.25) is 5.02 Å². The fourth-order valence-corrected chi connectivity index (χ4v) is 2.14. The zero-order chi connectivity index (χ0) is 11.1. The zero-order valence-corrected chi connectivity index (χ0v) is 9.54. The molecule has 0 N–H and O–H groups in total. The molecule has 0 saturated heterocycles. The Morgan fingerprint density at radius 2 is 2.25 bits per heavy atom. The molecule has 0 atom stereocenters. The lowest BCUT2D eigenvalue weighted by Gasteiger charge is -2.29. The monoisotopic (exact) mass is 237 g/mol. The molecule has 16 heavy (non-hydrogen) atoms. The molecule has 1 aliphatic carbocycles. The van der Waals surface area contributed by atoms with Crippen LogP contribution in [0, 0.1) is 5.92 Å². The molecule has 0 unspecified atom stereocenters. The second kappa shape index (κ2) is 3.67. The van der Waals surface area contributed by atoms with E-state index < -0.39 is 0 Å². The van der Waals surface area contributed by atoms with E-state index in [1.807, 2.05) is 11.0 Å². The number of carbonyl (C=O) groups is 1. The van der Waals surface area contributed by atoms with Gasteiger partial charge in [-0.05, 0) is 31.0 Å². The van der Waals surface area contributed by atoms with Crippen molar-refractivity contribution in [2.75, 3.05) is 18.1 Å². The summed E-state index contributed by atoms with van der Waals surface area (Å²) in [5.74, 6) is 1.20. The minimum absolute atomic E-state index is 0.215. The quantitative estimate of drug-likeness (QED) is 0.751. The summed E-state index contributed by atoms with van der Waals surface area (Å²) in [7, 11) is 0. The number of anilines is 1. The van der Waals surface area contributed by atoms with Gasteiger partial charge in [0.1, 0.15) is 12.4 Å². The Balaban J connectivity index is 1.97. The first-order valence-corrected chi connectivity index (χ1v) is 5.87. The van der Waals surface area contributed by atoms with E-state index in [0.29, 0.717) is 18.2 Å². The van der Waals surface area contributed by atoms with E-state index in [1.54, 1.807) is 12.1 Å². The Labute approximate surface area is 98.9 Å². The van der Waals surface area contributed by atoms with Crippen molar-refractivity contribution in [1.29, 1.82) is 0 Å². The Bertz CT molecular complexity index is 443. The third kappa shape index (κ3) is 1.65. The van der Waals surface area contributed by atoms with Crippen LogP contribution in [0.1, 0.15) is 12.8 Å². The molecule has 0 bridgehead atoms. The molecule has 1 fully saturated rings. The van der Waals surface area contributed by atoms with Gasteiger partial charge in [-0.15, -0.1) is 0 Å². The zero-order valence-electron chi connectivity index (χ0n) is 8.78. The fraction of sp³-hybridized carbons (Fsp3) is 0.417. The first kappa shape index (κ1) is 9.97. The number of halogens is 1. The fourth-order valence-electron chi connectivity index (χ4n) is 1.97. The molecule has 1 amide bonds. The van der Waals surface area contributed by atoms with Crippen LogP contribution >= 0.6 is 11.6 Å². The molecule has 1 aromatic carbocycles. The third-order valence-electron chi connectivity index (χ3n) is 2.98. The lowest BCUT2D eigenvalue weighted by molar-refractivity contribution is -0.120. The molecule has 4 heteroatoms. The maximum absolute atomic E-state index is 12.1. The molecular formula is C12H12ClNO2. The molecule has 84 valence electrons. The molecule has 3 nitrogen and oxygen atoms in total. The summed E-state index contributed by atoms with van der Waals surface area (Å²) >= 11 is 5.95. The van der Waals surface area contributed by atoms with E-state index in [4.69, 9.17) is 16.3 Å². The van der Waals surface area contributed by atoms with E-state index in [0.717, 1.165) is 24.3 Å². The van der Waals surface area contributed by atoms with Gasteiger partial charge in [-0.3, -0.25) is 4.79 Å². The minimum Gasteiger partial charge on any atom is -0.490 e. The van der Waals surface area contributed by atoms with Crippen molar-refractivity contribution in [3.8, 4) is 5.75 Å². The Morgan fingerprint density at radius 3 is 3.00 bits per heavy atom. The van der Waals surface area contributed by atoms with Crippen molar-refractivity contribution in [3.05, 3.63) is 23.2 Å². The summed E-state index contributed by atoms with van der Waals surface area (Å²) < 4.78 is 5.51. The highest BCUT2D eigenvalue weighted by Gasteiger charge is 2.36. The highest BCUT2D eigenvalue weighted by molar-refractivity contribution is 6.31. The maximum Gasteiger partial charge on any atom is 0.230 e. The van der Waals surface area contributed by atoms with Crippen molar-refractivity contribution in [2.45, 2.75) is 12.8 Å². The van der Waals surface area contributed by atoms with E-state index in [9.17, 15) is 4.79 Å². The smallest absolute Gasteiger partial charge is 0.230 e. The molecule has 0 radical (unpaired) electrons. The van der Waals surface area contributed by atoms with Gasteiger partial charge in [0.2, 0.25) is 5.91 Å². The van der Waals surface area contributed by atoms with Crippen molar-refractivity contribution < 1.29 is 9.53 Å². The van der Waals surface area contributed by atoms with Gasteiger partial charge in [0.25, 0.3) is 0 Å². The van der Waals surface area contributed by atoms with Crippen LogP contribution in [-0.4, -0.2) is 19.1 Å². The van der Waals surface area contributed by atoms with Crippen LogP contribution in [0.5, 0.6) is 5.75 Å². The van der Waals surface area contributed by atoms with Gasteiger partial charge >= 0.3 is 0 Å². The highest BCUT2D eigenvalue weighted by Crippen LogP contribution is 2.38. The molecule has 2 aliphatic rings. The lowest BCUT2D eigenvalue weighted by Crippen LogP contribution is -2.38. The second-order valence-electron chi connectivity index (χ2n) is 4.22. The molecule has 1 saturated carbocycles. The molecular weight excluding hydrogens is 226 g/mol. The summed E-state index contributed by atoms with van der Waals surface area (Å²) in [5, 5.41) is 0.637. The summed E-state index contributed by atoms with van der Waals surface area (Å²) in [6, 6.07) is 5.41. The van der Waals surface area contributed by atoms with Crippen molar-refractivity contribution >= 4 is 23.2 Å². The summed E-state index contributed by atoms with van der Waals surface area (Å²) in [6.45, 7) is 1.19. The lowest BCUT2D eigenvalue weighted by atomic mass is 10.2. The van der Waals surface area contributed by atoms with Crippen LogP contribution in [0.15, 0.2) is 18.2 Å². The summed E-state index contributed by atoms with van der Waals surface area (Å²) in [4.78, 5) is 13.9. The highest BCUT2D eigenvalue weighted by atomic mass is 35.5. The van der Waals surface area contributed by atoms with Crippen LogP contribution in [0.3, 0.4) is 0 Å². The number of benzene rings is 1. The number of hydrogen-bond acceptors (Lipinski definition) is 2. The van der Waals surface area contributed by atoms with Crippen molar-refractivity contribution in [1.82, 2.24) is 0 Å². The number of fused-ring (bicyclic) bond motifs is 1. The molecule has 0 aromatic heterocycles. The number of hydrogen-bond donors (Lipinski definition) is 0. The molecule has 1 aliphatic heterocycles. The predicted molar refractivity (Wildman–Crippen MR) is 62.0 cm³/mol. The third-order valence-corrected chi connectivity index (χ3v) is 3.21. The molecule has 1 heterocycles. The van der Waals surface area contributed by atoms with Gasteiger partial charge in [0, 0.05) is 10.9 Å². The van der Waals surface area contributed by atoms with Crippen LogP contribution < -0.4 is 9.64 Å². The standard InChI is InChI=1S/C12H12ClNO2/c13-9-3-4-11-10(7-9)14(5-6-16-11)12(15)8-1-2-8/h3-4,7-8H,1-2,5-6H2. The van der Waals surface area contributed by atoms with E-state index >= 15 is 0 Å². The normalized spacial score (nSPS) is 18.9. The Kier molecular flexibility index (Phi) is 2.28. The minimum atomic E-state index is 0.215. The van der Waals surface area contributed by atoms with E-state index in [-0.39, 0.29) is 11.8 Å². The van der Waals surface area contributed by atoms with Gasteiger partial charge in [-0.2, -0.15) is 0 Å². The van der Waals surface area contributed by atoms with Gasteiger partial charge in [0.05, 0.1) is 12.2 Å². The molecule has 3 rings (SSSR count). The number of carbonyl (C=O) groups excluding carboxylic acids is 1. The summed E-state index contributed by atoms with van der Waals surface area (Å²) in [5.41, 5.74) is 0.815. The van der Waals surface area contributed by atoms with E-state index in [2.05, 4.69) is 0 Å². The predicted octanol–water partition coefficient (Wildman–Crippen LogP) is 2.48. The summed E-state index contributed by atoms with van der Waals surface area (Å²) in [6.07, 6.45) is 2.04. The van der Waals surface area contributed by atoms with Crippen molar-refractivity contribution in [3.63, 3.8) is 0 Å². The van der Waals surface area contributed by atoms with Crippen LogP contribution in [0.25, 0.3) is 0 Å². The number of rotatable bonds is 1. The van der Waals surface area contributed by atoms with Gasteiger partial charge in [-0.1, -0.05) is 11.6 Å².